The van der Waals surface area contributed by atoms with Gasteiger partial charge in [0.2, 0.25) is 0 Å². The van der Waals surface area contributed by atoms with Gasteiger partial charge in [-0.3, -0.25) is 0 Å². The van der Waals surface area contributed by atoms with Crippen molar-refractivity contribution in [3.05, 3.63) is 41.6 Å². The van der Waals surface area contributed by atoms with Crippen LogP contribution in [-0.4, -0.2) is 18.6 Å². The Morgan fingerprint density at radius 3 is 2.81 bits per heavy atom. The quantitative estimate of drug-likeness (QED) is 0.751. The Bertz CT molecular complexity index is 407. The highest BCUT2D eigenvalue weighted by molar-refractivity contribution is 5.31. The molecule has 84 valence electrons. The molecule has 1 aromatic rings. The topological polar surface area (TPSA) is 12.5 Å². The second-order valence-electron chi connectivity index (χ2n) is 4.51. The summed E-state index contributed by atoms with van der Waals surface area (Å²) in [5.74, 6) is 0.943. The van der Waals surface area contributed by atoms with Crippen LogP contribution in [0.1, 0.15) is 30.9 Å². The van der Waals surface area contributed by atoms with Crippen molar-refractivity contribution in [1.29, 1.82) is 0 Å². The summed E-state index contributed by atoms with van der Waals surface area (Å²) in [4.78, 5) is 2.56. The van der Waals surface area contributed by atoms with Gasteiger partial charge in [-0.15, -0.1) is 0 Å². The predicted molar refractivity (Wildman–Crippen MR) is 64.4 cm³/mol. The van der Waals surface area contributed by atoms with Gasteiger partial charge in [0.25, 0.3) is 0 Å². The lowest BCUT2D eigenvalue weighted by molar-refractivity contribution is 0.322. The van der Waals surface area contributed by atoms with Crippen LogP contribution in [0.2, 0.25) is 0 Å². The lowest BCUT2D eigenvalue weighted by Gasteiger charge is -2.24. The molecule has 0 bridgehead atoms. The van der Waals surface area contributed by atoms with Crippen molar-refractivity contribution in [2.75, 3.05) is 13.7 Å². The summed E-state index contributed by atoms with van der Waals surface area (Å²) in [6.07, 6.45) is 6.13. The molecule has 0 N–H and O–H groups in total. The number of hydrogen-bond acceptors (Lipinski definition) is 2. The number of nitrogens with zero attached hydrogens (tertiary/aromatic N) is 1. The SMILES string of the molecule is COc1ccc(C2CCC3=CCCN32)cc1. The molecular formula is C14H17NO. The highest BCUT2D eigenvalue weighted by Gasteiger charge is 2.30. The Morgan fingerprint density at radius 1 is 1.25 bits per heavy atom. The van der Waals surface area contributed by atoms with Gasteiger partial charge in [0.15, 0.2) is 0 Å². The largest absolute Gasteiger partial charge is 0.497 e. The zero-order valence-electron chi connectivity index (χ0n) is 9.65. The number of fused-ring (bicyclic) bond motifs is 1. The second-order valence-corrected chi connectivity index (χ2v) is 4.51. The molecule has 0 saturated carbocycles. The van der Waals surface area contributed by atoms with E-state index >= 15 is 0 Å². The van der Waals surface area contributed by atoms with Crippen LogP contribution in [0.25, 0.3) is 0 Å². The van der Waals surface area contributed by atoms with E-state index in [0.29, 0.717) is 6.04 Å². The fourth-order valence-corrected chi connectivity index (χ4v) is 2.85. The first-order valence-corrected chi connectivity index (χ1v) is 5.98. The first-order chi connectivity index (χ1) is 7.88. The van der Waals surface area contributed by atoms with Crippen molar-refractivity contribution in [1.82, 2.24) is 4.90 Å². The first-order valence-electron chi connectivity index (χ1n) is 5.98. The lowest BCUT2D eigenvalue weighted by Crippen LogP contribution is -2.19. The van der Waals surface area contributed by atoms with Crippen molar-refractivity contribution >= 4 is 0 Å². The fraction of sp³-hybridized carbons (Fsp3) is 0.429. The standard InChI is InChI=1S/C14H17NO/c1-16-13-7-4-11(5-8-13)14-9-6-12-3-2-10-15(12)14/h3-5,7-8,14H,2,6,9-10H2,1H3. The molecule has 0 amide bonds. The van der Waals surface area contributed by atoms with E-state index in [1.807, 2.05) is 0 Å². The molecule has 1 atom stereocenters. The Kier molecular flexibility index (Phi) is 2.35. The maximum atomic E-state index is 5.19. The van der Waals surface area contributed by atoms with E-state index in [9.17, 15) is 0 Å². The normalized spacial score (nSPS) is 23.2. The van der Waals surface area contributed by atoms with Gasteiger partial charge < -0.3 is 9.64 Å². The highest BCUT2D eigenvalue weighted by atomic mass is 16.5. The number of allylic oxidation sites excluding steroid dienone is 1. The van der Waals surface area contributed by atoms with Gasteiger partial charge in [0, 0.05) is 12.2 Å². The average molecular weight is 215 g/mol. The predicted octanol–water partition coefficient (Wildman–Crippen LogP) is 3.12. The molecule has 2 aliphatic rings. The minimum Gasteiger partial charge on any atom is -0.497 e. The average Bonchev–Trinajstić information content (AvgIpc) is 2.91. The van der Waals surface area contributed by atoms with E-state index < -0.39 is 0 Å². The third-order valence-electron chi connectivity index (χ3n) is 3.67. The molecule has 0 aromatic heterocycles. The summed E-state index contributed by atoms with van der Waals surface area (Å²) < 4.78 is 5.19. The van der Waals surface area contributed by atoms with Crippen molar-refractivity contribution in [2.45, 2.75) is 25.3 Å². The number of benzene rings is 1. The van der Waals surface area contributed by atoms with Gasteiger partial charge in [-0.2, -0.15) is 0 Å². The highest BCUT2D eigenvalue weighted by Crippen LogP contribution is 2.41. The number of methoxy groups -OCH3 is 1. The zero-order chi connectivity index (χ0) is 11.0. The molecule has 3 rings (SSSR count). The van der Waals surface area contributed by atoms with Crippen LogP contribution in [0.15, 0.2) is 36.0 Å². The van der Waals surface area contributed by atoms with E-state index in [4.69, 9.17) is 4.74 Å². The van der Waals surface area contributed by atoms with Gasteiger partial charge in [0.05, 0.1) is 13.2 Å². The van der Waals surface area contributed by atoms with Gasteiger partial charge in [-0.1, -0.05) is 18.2 Å². The summed E-state index contributed by atoms with van der Waals surface area (Å²) in [7, 11) is 1.71. The molecule has 2 aliphatic heterocycles. The summed E-state index contributed by atoms with van der Waals surface area (Å²) in [5.41, 5.74) is 2.98. The third kappa shape index (κ3) is 1.49. The maximum absolute atomic E-state index is 5.19. The molecule has 0 spiro atoms. The third-order valence-corrected chi connectivity index (χ3v) is 3.67. The Balaban J connectivity index is 1.84. The monoisotopic (exact) mass is 215 g/mol. The van der Waals surface area contributed by atoms with Crippen molar-refractivity contribution < 1.29 is 4.74 Å². The van der Waals surface area contributed by atoms with Gasteiger partial charge in [0.1, 0.15) is 5.75 Å². The van der Waals surface area contributed by atoms with E-state index in [-0.39, 0.29) is 0 Å². The molecule has 1 aromatic carbocycles. The molecule has 0 aliphatic carbocycles. The van der Waals surface area contributed by atoms with Gasteiger partial charge in [-0.05, 0) is 37.0 Å². The minimum absolute atomic E-state index is 0.597. The van der Waals surface area contributed by atoms with Crippen LogP contribution in [0.5, 0.6) is 5.75 Å². The maximum Gasteiger partial charge on any atom is 0.118 e. The van der Waals surface area contributed by atoms with E-state index in [0.717, 1.165) is 5.75 Å². The molecule has 16 heavy (non-hydrogen) atoms. The summed E-state index contributed by atoms with van der Waals surface area (Å²) in [5, 5.41) is 0. The number of ether oxygens (including phenoxy) is 1. The second kappa shape index (κ2) is 3.85. The number of rotatable bonds is 2. The molecular weight excluding hydrogens is 198 g/mol. The lowest BCUT2D eigenvalue weighted by atomic mass is 10.0. The minimum atomic E-state index is 0.597. The van der Waals surface area contributed by atoms with E-state index in [2.05, 4.69) is 35.2 Å². The van der Waals surface area contributed by atoms with Crippen LogP contribution < -0.4 is 4.74 Å². The number of hydrogen-bond donors (Lipinski definition) is 0. The molecule has 2 heterocycles. The molecule has 1 unspecified atom stereocenters. The summed E-state index contributed by atoms with van der Waals surface area (Å²) >= 11 is 0. The van der Waals surface area contributed by atoms with Crippen LogP contribution in [0.4, 0.5) is 0 Å². The molecule has 0 radical (unpaired) electrons. The Hall–Kier alpha value is -1.44. The molecule has 2 nitrogen and oxygen atoms in total. The summed E-state index contributed by atoms with van der Waals surface area (Å²) in [6, 6.07) is 9.12. The van der Waals surface area contributed by atoms with E-state index in [1.165, 1.54) is 31.4 Å². The van der Waals surface area contributed by atoms with Crippen LogP contribution in [-0.2, 0) is 0 Å². The molecule has 2 heteroatoms. The smallest absolute Gasteiger partial charge is 0.118 e. The van der Waals surface area contributed by atoms with Gasteiger partial charge in [-0.25, -0.2) is 0 Å². The van der Waals surface area contributed by atoms with Crippen LogP contribution in [0, 0.1) is 0 Å². The van der Waals surface area contributed by atoms with Crippen LogP contribution in [0.3, 0.4) is 0 Å². The van der Waals surface area contributed by atoms with Crippen molar-refractivity contribution in [3.63, 3.8) is 0 Å². The zero-order valence-corrected chi connectivity index (χ0v) is 9.65. The fourth-order valence-electron chi connectivity index (χ4n) is 2.85. The molecule has 1 saturated heterocycles. The first kappa shape index (κ1) is 9.76. The Labute approximate surface area is 96.5 Å². The Morgan fingerprint density at radius 2 is 2.06 bits per heavy atom. The van der Waals surface area contributed by atoms with Crippen molar-refractivity contribution in [3.8, 4) is 5.75 Å². The summed E-state index contributed by atoms with van der Waals surface area (Å²) in [6.45, 7) is 1.20. The van der Waals surface area contributed by atoms with Gasteiger partial charge >= 0.3 is 0 Å². The van der Waals surface area contributed by atoms with Crippen molar-refractivity contribution in [2.24, 2.45) is 0 Å². The van der Waals surface area contributed by atoms with Crippen LogP contribution >= 0.6 is 0 Å². The van der Waals surface area contributed by atoms with E-state index in [1.54, 1.807) is 12.8 Å². The molecule has 1 fully saturated rings.